The number of rotatable bonds is 3. The predicted octanol–water partition coefficient (Wildman–Crippen LogP) is 2.35. The summed E-state index contributed by atoms with van der Waals surface area (Å²) in [5.41, 5.74) is -0.939. The number of nitrogens with one attached hydrogen (secondary N) is 1. The van der Waals surface area contributed by atoms with E-state index in [1.165, 1.54) is 18.3 Å². The summed E-state index contributed by atoms with van der Waals surface area (Å²) < 4.78 is 41.0. The lowest BCUT2D eigenvalue weighted by Gasteiger charge is -2.11. The molecule has 0 spiro atoms. The van der Waals surface area contributed by atoms with Crippen molar-refractivity contribution in [2.45, 2.75) is 6.61 Å². The minimum atomic E-state index is -1.09. The molecule has 2 aromatic heterocycles. The molecule has 1 aromatic carbocycles. The highest BCUT2D eigenvalue weighted by Gasteiger charge is 2.15. The summed E-state index contributed by atoms with van der Waals surface area (Å²) in [4.78, 5) is 16.2. The number of aliphatic hydroxyl groups is 1. The second kappa shape index (κ2) is 5.73. The molecule has 0 saturated carbocycles. The molecule has 0 aliphatic rings. The van der Waals surface area contributed by atoms with Crippen molar-refractivity contribution in [2.75, 3.05) is 5.32 Å². The van der Waals surface area contributed by atoms with Gasteiger partial charge in [-0.25, -0.2) is 18.2 Å². The maximum Gasteiger partial charge on any atom is 0.265 e. The Morgan fingerprint density at radius 3 is 2.61 bits per heavy atom. The number of halogens is 3. The molecular formula is C15H10F3N3O2. The van der Waals surface area contributed by atoms with Gasteiger partial charge in [-0.15, -0.1) is 0 Å². The first-order chi connectivity index (χ1) is 11.0. The van der Waals surface area contributed by atoms with Gasteiger partial charge in [-0.2, -0.15) is 0 Å². The highest BCUT2D eigenvalue weighted by atomic mass is 19.2. The van der Waals surface area contributed by atoms with Crippen LogP contribution in [0.4, 0.5) is 24.7 Å². The highest BCUT2D eigenvalue weighted by molar-refractivity contribution is 5.61. The fraction of sp³-hybridized carbons (Fsp3) is 0.0667. The molecule has 2 N–H and O–H groups in total. The van der Waals surface area contributed by atoms with E-state index in [4.69, 9.17) is 0 Å². The largest absolute Gasteiger partial charge is 0.391 e. The number of aromatic nitrogens is 2. The van der Waals surface area contributed by atoms with Crippen molar-refractivity contribution in [3.8, 4) is 0 Å². The molecule has 0 aliphatic heterocycles. The zero-order valence-electron chi connectivity index (χ0n) is 11.6. The van der Waals surface area contributed by atoms with Crippen molar-refractivity contribution >= 4 is 17.2 Å². The van der Waals surface area contributed by atoms with E-state index in [0.29, 0.717) is 0 Å². The molecule has 0 fully saturated rings. The molecule has 2 heterocycles. The minimum absolute atomic E-state index is 0.103. The highest BCUT2D eigenvalue weighted by Crippen LogP contribution is 2.20. The van der Waals surface area contributed by atoms with Crippen LogP contribution in [0.3, 0.4) is 0 Å². The van der Waals surface area contributed by atoms with E-state index in [9.17, 15) is 23.1 Å². The third kappa shape index (κ3) is 2.64. The minimum Gasteiger partial charge on any atom is -0.391 e. The van der Waals surface area contributed by atoms with Gasteiger partial charge in [0.2, 0.25) is 0 Å². The molecule has 0 unspecified atom stereocenters. The Morgan fingerprint density at radius 1 is 1.13 bits per heavy atom. The zero-order valence-corrected chi connectivity index (χ0v) is 11.6. The lowest BCUT2D eigenvalue weighted by molar-refractivity contribution is 0.280. The fourth-order valence-electron chi connectivity index (χ4n) is 2.12. The molecule has 0 atom stereocenters. The van der Waals surface area contributed by atoms with Crippen LogP contribution in [0, 0.1) is 17.5 Å². The van der Waals surface area contributed by atoms with E-state index >= 15 is 0 Å². The molecule has 0 radical (unpaired) electrons. The van der Waals surface area contributed by atoms with Crippen molar-refractivity contribution in [3.63, 3.8) is 0 Å². The van der Waals surface area contributed by atoms with Gasteiger partial charge in [-0.3, -0.25) is 9.20 Å². The van der Waals surface area contributed by atoms with E-state index in [0.717, 1.165) is 22.6 Å². The molecule has 0 amide bonds. The smallest absolute Gasteiger partial charge is 0.265 e. The molecule has 3 rings (SSSR count). The maximum atomic E-state index is 13.8. The lowest BCUT2D eigenvalue weighted by Crippen LogP contribution is -2.22. The van der Waals surface area contributed by atoms with Gasteiger partial charge >= 0.3 is 0 Å². The van der Waals surface area contributed by atoms with E-state index in [-0.39, 0.29) is 22.7 Å². The summed E-state index contributed by atoms with van der Waals surface area (Å²) in [6, 6.07) is 5.44. The van der Waals surface area contributed by atoms with Crippen molar-refractivity contribution in [3.05, 3.63) is 69.9 Å². The SMILES string of the molecule is O=c1c(CO)c(Nc2ccc(F)c(F)c2)nc2c(F)cccn12. The predicted molar refractivity (Wildman–Crippen MR) is 77.0 cm³/mol. The maximum absolute atomic E-state index is 13.8. The number of fused-ring (bicyclic) bond motifs is 1. The Balaban J connectivity index is 2.18. The number of hydrogen-bond donors (Lipinski definition) is 2. The number of nitrogens with zero attached hydrogens (tertiary/aromatic N) is 2. The molecule has 0 bridgehead atoms. The van der Waals surface area contributed by atoms with Gasteiger partial charge in [-0.05, 0) is 24.3 Å². The Morgan fingerprint density at radius 2 is 1.91 bits per heavy atom. The molecular weight excluding hydrogens is 311 g/mol. The van der Waals surface area contributed by atoms with E-state index in [1.54, 1.807) is 0 Å². The monoisotopic (exact) mass is 321 g/mol. The number of hydrogen-bond acceptors (Lipinski definition) is 4. The summed E-state index contributed by atoms with van der Waals surface area (Å²) in [6.07, 6.45) is 1.31. The van der Waals surface area contributed by atoms with Gasteiger partial charge in [0.05, 0.1) is 12.2 Å². The van der Waals surface area contributed by atoms with E-state index in [1.807, 2.05) is 0 Å². The van der Waals surface area contributed by atoms with Crippen molar-refractivity contribution in [1.82, 2.24) is 9.38 Å². The van der Waals surface area contributed by atoms with Gasteiger partial charge in [0.1, 0.15) is 5.82 Å². The topological polar surface area (TPSA) is 66.6 Å². The standard InChI is InChI=1S/C15H10F3N3O2/c16-10-4-3-8(6-12(10)18)19-13-9(7-22)15(23)21-5-1-2-11(17)14(21)20-13/h1-6,19,22H,7H2. The molecule has 23 heavy (non-hydrogen) atoms. The number of anilines is 2. The van der Waals surface area contributed by atoms with E-state index < -0.39 is 29.6 Å². The number of aliphatic hydroxyl groups excluding tert-OH is 1. The molecule has 8 heteroatoms. The van der Waals surface area contributed by atoms with Gasteiger partial charge in [-0.1, -0.05) is 0 Å². The van der Waals surface area contributed by atoms with Crippen molar-refractivity contribution in [2.24, 2.45) is 0 Å². The van der Waals surface area contributed by atoms with Crippen LogP contribution in [0.1, 0.15) is 5.56 Å². The summed E-state index contributed by atoms with van der Waals surface area (Å²) in [6.45, 7) is -0.655. The Bertz CT molecular complexity index is 957. The molecule has 0 saturated heterocycles. The van der Waals surface area contributed by atoms with Gasteiger partial charge in [0.25, 0.3) is 5.56 Å². The Labute approximate surface area is 127 Å². The van der Waals surface area contributed by atoms with Gasteiger partial charge < -0.3 is 10.4 Å². The lowest BCUT2D eigenvalue weighted by atomic mass is 10.2. The van der Waals surface area contributed by atoms with Gasteiger partial charge in [0, 0.05) is 18.0 Å². The Kier molecular flexibility index (Phi) is 3.75. The normalized spacial score (nSPS) is 11.0. The first-order valence-corrected chi connectivity index (χ1v) is 6.54. The van der Waals surface area contributed by atoms with Crippen molar-refractivity contribution < 1.29 is 18.3 Å². The van der Waals surface area contributed by atoms with Gasteiger partial charge in [0.15, 0.2) is 23.1 Å². The van der Waals surface area contributed by atoms with Crippen LogP contribution in [0.25, 0.3) is 5.65 Å². The second-order valence-corrected chi connectivity index (χ2v) is 4.71. The van der Waals surface area contributed by atoms with Crippen LogP contribution in [0.15, 0.2) is 41.3 Å². The van der Waals surface area contributed by atoms with Crippen LogP contribution in [-0.2, 0) is 6.61 Å². The van der Waals surface area contributed by atoms with Crippen LogP contribution in [-0.4, -0.2) is 14.5 Å². The molecule has 3 aromatic rings. The van der Waals surface area contributed by atoms with E-state index in [2.05, 4.69) is 10.3 Å². The summed E-state index contributed by atoms with van der Waals surface area (Å²) >= 11 is 0. The summed E-state index contributed by atoms with van der Waals surface area (Å²) in [5.74, 6) is -2.99. The number of benzene rings is 1. The quantitative estimate of drug-likeness (QED) is 0.777. The first-order valence-electron chi connectivity index (χ1n) is 6.54. The molecule has 118 valence electrons. The third-order valence-corrected chi connectivity index (χ3v) is 3.24. The first kappa shape index (κ1) is 15.0. The second-order valence-electron chi connectivity index (χ2n) is 4.71. The van der Waals surface area contributed by atoms with Crippen molar-refractivity contribution in [1.29, 1.82) is 0 Å². The number of pyridine rings is 1. The third-order valence-electron chi connectivity index (χ3n) is 3.24. The van der Waals surface area contributed by atoms with Crippen LogP contribution >= 0.6 is 0 Å². The summed E-state index contributed by atoms with van der Waals surface area (Å²) in [5, 5.41) is 12.0. The average Bonchev–Trinajstić information content (AvgIpc) is 2.52. The summed E-state index contributed by atoms with van der Waals surface area (Å²) in [7, 11) is 0. The van der Waals surface area contributed by atoms with Crippen LogP contribution in [0.5, 0.6) is 0 Å². The van der Waals surface area contributed by atoms with Crippen LogP contribution in [0.2, 0.25) is 0 Å². The Hall–Kier alpha value is -2.87. The molecule has 5 nitrogen and oxygen atoms in total. The van der Waals surface area contributed by atoms with Crippen LogP contribution < -0.4 is 10.9 Å². The fourth-order valence-corrected chi connectivity index (χ4v) is 2.12. The average molecular weight is 321 g/mol. The molecule has 0 aliphatic carbocycles. The zero-order chi connectivity index (χ0) is 16.6.